The van der Waals surface area contributed by atoms with Crippen molar-refractivity contribution in [2.45, 2.75) is 0 Å². The lowest BCUT2D eigenvalue weighted by atomic mass is 10.1. The third kappa shape index (κ3) is 2.04. The molecule has 108 valence electrons. The summed E-state index contributed by atoms with van der Waals surface area (Å²) in [6.07, 6.45) is 1.34. The summed E-state index contributed by atoms with van der Waals surface area (Å²) >= 11 is 6.13. The second-order valence-corrected chi connectivity index (χ2v) is 4.73. The van der Waals surface area contributed by atoms with Crippen LogP contribution in [0.1, 0.15) is 0 Å². The molecule has 0 aliphatic carbocycles. The van der Waals surface area contributed by atoms with E-state index in [9.17, 15) is 4.79 Å². The fourth-order valence-corrected chi connectivity index (χ4v) is 2.23. The van der Waals surface area contributed by atoms with Gasteiger partial charge in [0.1, 0.15) is 17.5 Å². The molecular formula is C12H5ClN6O3. The van der Waals surface area contributed by atoms with Gasteiger partial charge in [-0.15, -0.1) is 0 Å². The number of aromatic amines is 1. The fraction of sp³-hybridized carbons (Fsp3) is 0. The van der Waals surface area contributed by atoms with E-state index >= 15 is 0 Å². The van der Waals surface area contributed by atoms with Crippen LogP contribution in [0.4, 0.5) is 0 Å². The predicted octanol–water partition coefficient (Wildman–Crippen LogP) is 1.68. The lowest BCUT2D eigenvalue weighted by molar-refractivity contribution is 0.315. The minimum atomic E-state index is -0.659. The third-order valence-corrected chi connectivity index (χ3v) is 3.25. The molecule has 10 heteroatoms. The summed E-state index contributed by atoms with van der Waals surface area (Å²) in [4.78, 5) is 21.6. The lowest BCUT2D eigenvalue weighted by Crippen LogP contribution is -1.96. The van der Waals surface area contributed by atoms with E-state index in [0.29, 0.717) is 33.0 Å². The average Bonchev–Trinajstić information content (AvgIpc) is 3.16. The van der Waals surface area contributed by atoms with Gasteiger partial charge in [0.2, 0.25) is 5.82 Å². The number of H-pyrrole nitrogens is 1. The highest BCUT2D eigenvalue weighted by Gasteiger charge is 2.12. The second kappa shape index (κ2) is 4.74. The number of nitrogens with one attached hydrogen (secondary N) is 1. The molecule has 9 nitrogen and oxygen atoms in total. The Morgan fingerprint density at radius 1 is 1.05 bits per heavy atom. The van der Waals surface area contributed by atoms with Gasteiger partial charge in [-0.25, -0.2) is 19.4 Å². The van der Waals surface area contributed by atoms with Crippen molar-refractivity contribution in [3.8, 4) is 22.8 Å². The molecule has 22 heavy (non-hydrogen) atoms. The van der Waals surface area contributed by atoms with Gasteiger partial charge in [0.25, 0.3) is 0 Å². The fourth-order valence-electron chi connectivity index (χ4n) is 1.98. The van der Waals surface area contributed by atoms with Crippen LogP contribution < -0.4 is 5.76 Å². The minimum Gasteiger partial charge on any atom is -0.296 e. The second-order valence-electron chi connectivity index (χ2n) is 4.32. The SMILES string of the molecule is O=c1[nH]c(-c2cc(-c3cc(Cl)c4nonc4c3)ncn2)no1. The Morgan fingerprint density at radius 2 is 1.91 bits per heavy atom. The van der Waals surface area contributed by atoms with E-state index in [1.807, 2.05) is 0 Å². The number of rotatable bonds is 2. The van der Waals surface area contributed by atoms with Crippen molar-refractivity contribution in [3.05, 3.63) is 40.1 Å². The molecule has 0 saturated carbocycles. The summed E-state index contributed by atoms with van der Waals surface area (Å²) in [6, 6.07) is 5.06. The van der Waals surface area contributed by atoms with E-state index in [-0.39, 0.29) is 5.82 Å². The topological polar surface area (TPSA) is 124 Å². The Labute approximate surface area is 125 Å². The van der Waals surface area contributed by atoms with Crippen molar-refractivity contribution in [2.75, 3.05) is 0 Å². The van der Waals surface area contributed by atoms with Gasteiger partial charge in [-0.3, -0.25) is 9.51 Å². The van der Waals surface area contributed by atoms with Gasteiger partial charge in [0.05, 0.1) is 10.7 Å². The first kappa shape index (κ1) is 12.7. The number of halogens is 1. The zero-order valence-corrected chi connectivity index (χ0v) is 11.4. The molecule has 3 heterocycles. The van der Waals surface area contributed by atoms with Gasteiger partial charge in [-0.2, -0.15) is 0 Å². The van der Waals surface area contributed by atoms with Gasteiger partial charge in [0, 0.05) is 5.56 Å². The first-order valence-corrected chi connectivity index (χ1v) is 6.39. The van der Waals surface area contributed by atoms with E-state index in [2.05, 4.69) is 39.6 Å². The standard InChI is InChI=1S/C12H5ClN6O3/c13-6-1-5(2-8-10(6)18-22-17-8)7-3-9(15-4-14-7)11-16-12(20)21-19-11/h1-4H,(H,16,19,20). The summed E-state index contributed by atoms with van der Waals surface area (Å²) in [5.74, 6) is -0.447. The van der Waals surface area contributed by atoms with Gasteiger partial charge in [-0.1, -0.05) is 16.8 Å². The smallest absolute Gasteiger partial charge is 0.296 e. The largest absolute Gasteiger partial charge is 0.439 e. The quantitative estimate of drug-likeness (QED) is 0.592. The third-order valence-electron chi connectivity index (χ3n) is 2.96. The van der Waals surface area contributed by atoms with E-state index < -0.39 is 5.76 Å². The number of fused-ring (bicyclic) bond motifs is 1. The van der Waals surface area contributed by atoms with Crippen LogP contribution >= 0.6 is 11.6 Å². The van der Waals surface area contributed by atoms with E-state index in [4.69, 9.17) is 11.6 Å². The minimum absolute atomic E-state index is 0.212. The molecule has 3 aromatic heterocycles. The molecule has 4 rings (SSSR count). The molecule has 0 aliphatic rings. The van der Waals surface area contributed by atoms with Crippen LogP contribution in [0.5, 0.6) is 0 Å². The van der Waals surface area contributed by atoms with Crippen molar-refractivity contribution in [1.29, 1.82) is 0 Å². The van der Waals surface area contributed by atoms with Crippen LogP contribution in [0, 0.1) is 0 Å². The maximum atomic E-state index is 11.0. The summed E-state index contributed by atoms with van der Waals surface area (Å²) in [5, 5.41) is 11.4. The number of aromatic nitrogens is 6. The molecular weight excluding hydrogens is 312 g/mol. The lowest BCUT2D eigenvalue weighted by Gasteiger charge is -2.02. The molecule has 0 radical (unpaired) electrons. The van der Waals surface area contributed by atoms with Crippen LogP contribution in [-0.2, 0) is 0 Å². The Balaban J connectivity index is 1.86. The van der Waals surface area contributed by atoms with Gasteiger partial charge in [0.15, 0.2) is 5.52 Å². The maximum absolute atomic E-state index is 11.0. The van der Waals surface area contributed by atoms with Crippen molar-refractivity contribution in [2.24, 2.45) is 0 Å². The first-order valence-electron chi connectivity index (χ1n) is 6.01. The normalized spacial score (nSPS) is 11.1. The van der Waals surface area contributed by atoms with Crippen molar-refractivity contribution in [1.82, 2.24) is 30.4 Å². The highest BCUT2D eigenvalue weighted by atomic mass is 35.5. The number of hydrogen-bond donors (Lipinski definition) is 1. The predicted molar refractivity (Wildman–Crippen MR) is 74.0 cm³/mol. The van der Waals surface area contributed by atoms with Gasteiger partial charge < -0.3 is 0 Å². The summed E-state index contributed by atoms with van der Waals surface area (Å²) < 4.78 is 9.11. The van der Waals surface area contributed by atoms with Crippen LogP contribution in [0.15, 0.2) is 38.5 Å². The maximum Gasteiger partial charge on any atom is 0.439 e. The van der Waals surface area contributed by atoms with Gasteiger partial charge in [-0.05, 0) is 28.5 Å². The highest BCUT2D eigenvalue weighted by Crippen LogP contribution is 2.28. The van der Waals surface area contributed by atoms with Crippen LogP contribution in [0.3, 0.4) is 0 Å². The molecule has 0 aliphatic heterocycles. The van der Waals surface area contributed by atoms with Crippen LogP contribution in [0.2, 0.25) is 5.02 Å². The van der Waals surface area contributed by atoms with Crippen LogP contribution in [-0.4, -0.2) is 30.4 Å². The molecule has 4 aromatic rings. The molecule has 0 saturated heterocycles. The summed E-state index contributed by atoms with van der Waals surface area (Å²) in [6.45, 7) is 0. The average molecular weight is 317 g/mol. The first-order chi connectivity index (χ1) is 10.7. The van der Waals surface area contributed by atoms with Crippen molar-refractivity contribution < 1.29 is 9.15 Å². The molecule has 0 unspecified atom stereocenters. The zero-order valence-electron chi connectivity index (χ0n) is 10.6. The van der Waals surface area contributed by atoms with Gasteiger partial charge >= 0.3 is 5.76 Å². The number of hydrogen-bond acceptors (Lipinski definition) is 8. The zero-order chi connectivity index (χ0) is 15.1. The molecule has 0 fully saturated rings. The number of benzene rings is 1. The monoisotopic (exact) mass is 316 g/mol. The van der Waals surface area contributed by atoms with E-state index in [0.717, 1.165) is 0 Å². The highest BCUT2D eigenvalue weighted by molar-refractivity contribution is 6.35. The Kier molecular flexibility index (Phi) is 2.73. The number of nitrogens with zero attached hydrogens (tertiary/aromatic N) is 5. The van der Waals surface area contributed by atoms with E-state index in [1.54, 1.807) is 18.2 Å². The Bertz CT molecular complexity index is 1040. The molecule has 0 bridgehead atoms. The molecule has 0 amide bonds. The summed E-state index contributed by atoms with van der Waals surface area (Å²) in [7, 11) is 0. The summed E-state index contributed by atoms with van der Waals surface area (Å²) in [5.41, 5.74) is 2.66. The van der Waals surface area contributed by atoms with Crippen molar-refractivity contribution >= 4 is 22.6 Å². The molecule has 0 spiro atoms. The van der Waals surface area contributed by atoms with Crippen LogP contribution in [0.25, 0.3) is 33.8 Å². The molecule has 1 aromatic carbocycles. The van der Waals surface area contributed by atoms with Crippen molar-refractivity contribution in [3.63, 3.8) is 0 Å². The molecule has 1 N–H and O–H groups in total. The Morgan fingerprint density at radius 3 is 2.73 bits per heavy atom. The molecule has 0 atom stereocenters. The van der Waals surface area contributed by atoms with E-state index in [1.165, 1.54) is 6.33 Å². The Hall–Kier alpha value is -3.07.